The van der Waals surface area contributed by atoms with Gasteiger partial charge in [0.1, 0.15) is 6.61 Å². The highest BCUT2D eigenvalue weighted by Crippen LogP contribution is 2.14. The summed E-state index contributed by atoms with van der Waals surface area (Å²) in [5.41, 5.74) is 0.385. The number of carbonyl (C=O) groups is 2. The predicted molar refractivity (Wildman–Crippen MR) is 76.4 cm³/mol. The topological polar surface area (TPSA) is 67.4 Å². The fourth-order valence-electron chi connectivity index (χ4n) is 1.41. The molecule has 122 valence electrons. The Hall–Kier alpha value is -1.61. The molecule has 22 heavy (non-hydrogen) atoms. The molecule has 0 heterocycles. The van der Waals surface area contributed by atoms with E-state index in [0.29, 0.717) is 5.56 Å². The Balaban J connectivity index is 2.19. The molecule has 0 saturated heterocycles. The van der Waals surface area contributed by atoms with Crippen LogP contribution in [0.5, 0.6) is 0 Å². The van der Waals surface area contributed by atoms with Crippen LogP contribution in [0, 0.1) is 0 Å². The molecular weight excluding hydrogens is 369 g/mol. The first-order valence-electron chi connectivity index (χ1n) is 6.23. The summed E-state index contributed by atoms with van der Waals surface area (Å²) >= 11 is 3.22. The highest BCUT2D eigenvalue weighted by atomic mass is 79.9. The van der Waals surface area contributed by atoms with Crippen molar-refractivity contribution in [2.75, 3.05) is 26.3 Å². The van der Waals surface area contributed by atoms with Gasteiger partial charge >= 0.3 is 6.18 Å². The van der Waals surface area contributed by atoms with E-state index in [4.69, 9.17) is 0 Å². The van der Waals surface area contributed by atoms with Crippen molar-refractivity contribution < 1.29 is 27.5 Å². The number of rotatable bonds is 7. The van der Waals surface area contributed by atoms with Crippen LogP contribution < -0.4 is 10.6 Å². The van der Waals surface area contributed by atoms with Gasteiger partial charge in [-0.25, -0.2) is 0 Å². The Kier molecular flexibility index (Phi) is 7.33. The van der Waals surface area contributed by atoms with Crippen molar-refractivity contribution in [1.29, 1.82) is 0 Å². The van der Waals surface area contributed by atoms with Gasteiger partial charge in [-0.05, 0) is 18.2 Å². The lowest BCUT2D eigenvalue weighted by Gasteiger charge is -2.09. The number of alkyl halides is 3. The van der Waals surface area contributed by atoms with Crippen molar-refractivity contribution in [3.63, 3.8) is 0 Å². The minimum atomic E-state index is -4.39. The second-order valence-corrected chi connectivity index (χ2v) is 5.13. The summed E-state index contributed by atoms with van der Waals surface area (Å²) in [6.07, 6.45) is -4.39. The summed E-state index contributed by atoms with van der Waals surface area (Å²) in [5, 5.41) is 4.73. The van der Waals surface area contributed by atoms with Gasteiger partial charge in [-0.1, -0.05) is 22.0 Å². The molecular formula is C13H14BrF3N2O3. The maximum atomic E-state index is 11.8. The van der Waals surface area contributed by atoms with Crippen molar-refractivity contribution in [2.45, 2.75) is 6.18 Å². The van der Waals surface area contributed by atoms with Crippen LogP contribution in [0.1, 0.15) is 10.4 Å². The van der Waals surface area contributed by atoms with Crippen molar-refractivity contribution in [1.82, 2.24) is 10.6 Å². The number of nitrogens with one attached hydrogen (secondary N) is 2. The molecule has 0 unspecified atom stereocenters. The average molecular weight is 383 g/mol. The van der Waals surface area contributed by atoms with Gasteiger partial charge in [0.15, 0.2) is 0 Å². The molecule has 1 aromatic carbocycles. The molecule has 0 aliphatic heterocycles. The molecule has 0 saturated carbocycles. The smallest absolute Gasteiger partial charge is 0.370 e. The number of carbonyl (C=O) groups excluding carboxylic acids is 2. The summed E-state index contributed by atoms with van der Waals surface area (Å²) in [7, 11) is 0. The zero-order valence-corrected chi connectivity index (χ0v) is 13.0. The molecule has 2 N–H and O–H groups in total. The number of halogens is 4. The molecule has 2 amide bonds. The predicted octanol–water partition coefficient (Wildman–Crippen LogP) is 1.87. The molecule has 0 fully saturated rings. The molecule has 0 spiro atoms. The molecule has 0 aromatic heterocycles. The van der Waals surface area contributed by atoms with E-state index in [1.165, 1.54) is 0 Å². The fourth-order valence-corrected chi connectivity index (χ4v) is 1.80. The van der Waals surface area contributed by atoms with Gasteiger partial charge in [-0.3, -0.25) is 9.59 Å². The van der Waals surface area contributed by atoms with Crippen LogP contribution in [0.4, 0.5) is 13.2 Å². The van der Waals surface area contributed by atoms with Crippen LogP contribution in [-0.4, -0.2) is 44.3 Å². The summed E-state index contributed by atoms with van der Waals surface area (Å²) in [6.45, 7) is -1.96. The van der Waals surface area contributed by atoms with Gasteiger partial charge in [0.2, 0.25) is 5.91 Å². The molecule has 1 aromatic rings. The van der Waals surface area contributed by atoms with E-state index >= 15 is 0 Å². The third kappa shape index (κ3) is 7.99. The second-order valence-electron chi connectivity index (χ2n) is 4.21. The lowest BCUT2D eigenvalue weighted by Crippen LogP contribution is -2.38. The van der Waals surface area contributed by atoms with E-state index in [-0.39, 0.29) is 19.7 Å². The van der Waals surface area contributed by atoms with Crippen molar-refractivity contribution >= 4 is 27.7 Å². The van der Waals surface area contributed by atoms with E-state index in [1.54, 1.807) is 24.3 Å². The zero-order valence-electron chi connectivity index (χ0n) is 11.4. The summed E-state index contributed by atoms with van der Waals surface area (Å²) in [6, 6.07) is 6.61. The standard InChI is InChI=1S/C13H14BrF3N2O3/c14-10-3-1-2-9(6-10)12(21)19-7-11(20)18-4-5-22-8-13(15,16)17/h1-3,6H,4-5,7-8H2,(H,18,20)(H,19,21). The first-order chi connectivity index (χ1) is 10.3. The minimum absolute atomic E-state index is 0.0678. The molecule has 0 radical (unpaired) electrons. The quantitative estimate of drug-likeness (QED) is 0.707. The monoisotopic (exact) mass is 382 g/mol. The van der Waals surface area contributed by atoms with Crippen molar-refractivity contribution in [3.8, 4) is 0 Å². The molecule has 0 bridgehead atoms. The van der Waals surface area contributed by atoms with Crippen molar-refractivity contribution in [2.24, 2.45) is 0 Å². The zero-order chi connectivity index (χ0) is 16.6. The largest absolute Gasteiger partial charge is 0.411 e. The first-order valence-corrected chi connectivity index (χ1v) is 7.02. The van der Waals surface area contributed by atoms with Gasteiger partial charge in [0.25, 0.3) is 5.91 Å². The van der Waals surface area contributed by atoms with E-state index in [2.05, 4.69) is 31.3 Å². The van der Waals surface area contributed by atoms with Crippen LogP contribution in [0.2, 0.25) is 0 Å². The highest BCUT2D eigenvalue weighted by Gasteiger charge is 2.27. The van der Waals surface area contributed by atoms with Crippen molar-refractivity contribution in [3.05, 3.63) is 34.3 Å². The van der Waals surface area contributed by atoms with Crippen LogP contribution in [0.3, 0.4) is 0 Å². The van der Waals surface area contributed by atoms with Crippen LogP contribution in [0.15, 0.2) is 28.7 Å². The Labute approximate surface area is 133 Å². The highest BCUT2D eigenvalue weighted by molar-refractivity contribution is 9.10. The lowest BCUT2D eigenvalue weighted by molar-refractivity contribution is -0.173. The van der Waals surface area contributed by atoms with Gasteiger partial charge in [-0.2, -0.15) is 13.2 Å². The lowest BCUT2D eigenvalue weighted by atomic mass is 10.2. The molecule has 0 atom stereocenters. The number of amides is 2. The third-order valence-electron chi connectivity index (χ3n) is 2.33. The van der Waals surface area contributed by atoms with E-state index in [9.17, 15) is 22.8 Å². The maximum absolute atomic E-state index is 11.8. The van der Waals surface area contributed by atoms with Gasteiger partial charge in [0.05, 0.1) is 13.2 Å². The Morgan fingerprint density at radius 1 is 1.23 bits per heavy atom. The number of hydrogen-bond donors (Lipinski definition) is 2. The number of ether oxygens (including phenoxy) is 1. The van der Waals surface area contributed by atoms with Crippen LogP contribution in [0.25, 0.3) is 0 Å². The number of hydrogen-bond acceptors (Lipinski definition) is 3. The second kappa shape index (κ2) is 8.74. The molecule has 5 nitrogen and oxygen atoms in total. The molecule has 9 heteroatoms. The van der Waals surface area contributed by atoms with E-state index in [0.717, 1.165) is 4.47 Å². The summed E-state index contributed by atoms with van der Waals surface area (Å²) in [5.74, 6) is -0.941. The maximum Gasteiger partial charge on any atom is 0.411 e. The van der Waals surface area contributed by atoms with Gasteiger partial charge < -0.3 is 15.4 Å². The normalized spacial score (nSPS) is 11.1. The van der Waals surface area contributed by atoms with Gasteiger partial charge in [0, 0.05) is 16.6 Å². The SMILES string of the molecule is O=C(CNC(=O)c1cccc(Br)c1)NCCOCC(F)(F)F. The van der Waals surface area contributed by atoms with E-state index < -0.39 is 24.6 Å². The third-order valence-corrected chi connectivity index (χ3v) is 2.82. The molecule has 0 aliphatic rings. The average Bonchev–Trinajstić information content (AvgIpc) is 2.43. The molecule has 0 aliphatic carbocycles. The van der Waals surface area contributed by atoms with Gasteiger partial charge in [-0.15, -0.1) is 0 Å². The van der Waals surface area contributed by atoms with Crippen LogP contribution >= 0.6 is 15.9 Å². The Morgan fingerprint density at radius 2 is 1.95 bits per heavy atom. The Morgan fingerprint density at radius 3 is 2.59 bits per heavy atom. The first kappa shape index (κ1) is 18.4. The molecule has 1 rings (SSSR count). The summed E-state index contributed by atoms with van der Waals surface area (Å²) < 4.78 is 40.4. The Bertz CT molecular complexity index is 523. The van der Waals surface area contributed by atoms with E-state index in [1.807, 2.05) is 0 Å². The fraction of sp³-hybridized carbons (Fsp3) is 0.385. The van der Waals surface area contributed by atoms with Crippen LogP contribution in [-0.2, 0) is 9.53 Å². The summed E-state index contributed by atoms with van der Waals surface area (Å²) in [4.78, 5) is 23.1. The minimum Gasteiger partial charge on any atom is -0.370 e. The number of benzene rings is 1.